The van der Waals surface area contributed by atoms with Crippen molar-refractivity contribution >= 4 is 17.5 Å². The highest BCUT2D eigenvalue weighted by Gasteiger charge is 2.19. The quantitative estimate of drug-likeness (QED) is 0.889. The maximum absolute atomic E-state index is 12.2. The number of hydrogen-bond donors (Lipinski definition) is 2. The Morgan fingerprint density at radius 2 is 2.14 bits per heavy atom. The Kier molecular flexibility index (Phi) is 4.43. The number of hydrogen-bond acceptors (Lipinski definition) is 3. The third kappa shape index (κ3) is 3.47. The number of benzene rings is 1. The SMILES string of the molecule is CN1CCC(CCNC(=O)c2ccc3c(c2)NC(=O)C3)CC1. The van der Waals surface area contributed by atoms with Gasteiger partial charge in [-0.2, -0.15) is 0 Å². The smallest absolute Gasteiger partial charge is 0.251 e. The number of anilines is 1. The van der Waals surface area contributed by atoms with Crippen molar-refractivity contribution in [3.05, 3.63) is 29.3 Å². The van der Waals surface area contributed by atoms with Gasteiger partial charge >= 0.3 is 0 Å². The lowest BCUT2D eigenvalue weighted by Gasteiger charge is -2.28. The maximum Gasteiger partial charge on any atom is 0.251 e. The van der Waals surface area contributed by atoms with E-state index in [2.05, 4.69) is 22.6 Å². The van der Waals surface area contributed by atoms with Gasteiger partial charge in [-0.3, -0.25) is 9.59 Å². The van der Waals surface area contributed by atoms with E-state index in [0.717, 1.165) is 43.2 Å². The van der Waals surface area contributed by atoms with E-state index in [0.29, 0.717) is 12.0 Å². The topological polar surface area (TPSA) is 61.4 Å². The zero-order chi connectivity index (χ0) is 15.5. The molecule has 2 aliphatic heterocycles. The Morgan fingerprint density at radius 1 is 1.36 bits per heavy atom. The lowest BCUT2D eigenvalue weighted by atomic mass is 9.94. The van der Waals surface area contributed by atoms with Crippen LogP contribution in [0.5, 0.6) is 0 Å². The third-order valence-electron chi connectivity index (χ3n) is 4.67. The van der Waals surface area contributed by atoms with Crippen molar-refractivity contribution in [2.24, 2.45) is 5.92 Å². The van der Waals surface area contributed by atoms with Gasteiger partial charge in [-0.15, -0.1) is 0 Å². The summed E-state index contributed by atoms with van der Waals surface area (Å²) in [4.78, 5) is 25.9. The van der Waals surface area contributed by atoms with Crippen molar-refractivity contribution in [1.82, 2.24) is 10.2 Å². The second kappa shape index (κ2) is 6.48. The molecule has 2 amide bonds. The van der Waals surface area contributed by atoms with Crippen LogP contribution in [-0.2, 0) is 11.2 Å². The van der Waals surface area contributed by atoms with Gasteiger partial charge in [0.05, 0.1) is 6.42 Å². The largest absolute Gasteiger partial charge is 0.352 e. The molecule has 0 atom stereocenters. The number of carbonyl (C=O) groups is 2. The van der Waals surface area contributed by atoms with Crippen LogP contribution in [0.4, 0.5) is 5.69 Å². The Bertz CT molecular complexity index is 577. The number of rotatable bonds is 4. The standard InChI is InChI=1S/C17H23N3O2/c1-20-8-5-12(6-9-20)4-7-18-17(22)14-3-2-13-11-16(21)19-15(13)10-14/h2-3,10,12H,4-9,11H2,1H3,(H,18,22)(H,19,21). The summed E-state index contributed by atoms with van der Waals surface area (Å²) in [6.07, 6.45) is 3.89. The van der Waals surface area contributed by atoms with Gasteiger partial charge in [0, 0.05) is 17.8 Å². The Hall–Kier alpha value is -1.88. The molecule has 0 spiro atoms. The van der Waals surface area contributed by atoms with E-state index in [-0.39, 0.29) is 11.8 Å². The number of fused-ring (bicyclic) bond motifs is 1. The van der Waals surface area contributed by atoms with Crippen LogP contribution in [-0.4, -0.2) is 43.4 Å². The molecule has 5 nitrogen and oxygen atoms in total. The summed E-state index contributed by atoms with van der Waals surface area (Å²) >= 11 is 0. The van der Waals surface area contributed by atoms with Crippen molar-refractivity contribution in [1.29, 1.82) is 0 Å². The van der Waals surface area contributed by atoms with E-state index in [1.54, 1.807) is 12.1 Å². The molecule has 2 N–H and O–H groups in total. The van der Waals surface area contributed by atoms with Gasteiger partial charge < -0.3 is 15.5 Å². The molecular formula is C17H23N3O2. The second-order valence-corrected chi connectivity index (χ2v) is 6.39. The normalized spacial score (nSPS) is 18.9. The van der Waals surface area contributed by atoms with E-state index >= 15 is 0 Å². The van der Waals surface area contributed by atoms with Crippen LogP contribution in [0.3, 0.4) is 0 Å². The van der Waals surface area contributed by atoms with E-state index in [1.807, 2.05) is 6.07 Å². The molecule has 0 aromatic heterocycles. The fraction of sp³-hybridized carbons (Fsp3) is 0.529. The van der Waals surface area contributed by atoms with E-state index in [9.17, 15) is 9.59 Å². The highest BCUT2D eigenvalue weighted by atomic mass is 16.2. The molecule has 2 aliphatic rings. The molecule has 0 radical (unpaired) electrons. The fourth-order valence-corrected chi connectivity index (χ4v) is 3.20. The van der Waals surface area contributed by atoms with Crippen LogP contribution in [0.2, 0.25) is 0 Å². The first-order valence-electron chi connectivity index (χ1n) is 8.01. The minimum atomic E-state index is -0.0584. The summed E-state index contributed by atoms with van der Waals surface area (Å²) in [6.45, 7) is 3.03. The number of carbonyl (C=O) groups excluding carboxylic acids is 2. The summed E-state index contributed by atoms with van der Waals surface area (Å²) in [7, 11) is 2.16. The molecular weight excluding hydrogens is 278 g/mol. The first-order valence-corrected chi connectivity index (χ1v) is 8.01. The molecule has 0 saturated carbocycles. The molecule has 118 valence electrons. The van der Waals surface area contributed by atoms with Crippen LogP contribution in [0.15, 0.2) is 18.2 Å². The lowest BCUT2D eigenvalue weighted by molar-refractivity contribution is -0.115. The third-order valence-corrected chi connectivity index (χ3v) is 4.67. The van der Waals surface area contributed by atoms with E-state index in [4.69, 9.17) is 0 Å². The summed E-state index contributed by atoms with van der Waals surface area (Å²) in [5, 5.41) is 5.78. The minimum Gasteiger partial charge on any atom is -0.352 e. The predicted octanol–water partition coefficient (Wildman–Crippen LogP) is 1.64. The van der Waals surface area contributed by atoms with Crippen LogP contribution >= 0.6 is 0 Å². The van der Waals surface area contributed by atoms with Crippen molar-refractivity contribution in [2.45, 2.75) is 25.7 Å². The van der Waals surface area contributed by atoms with Gasteiger partial charge in [0.15, 0.2) is 0 Å². The van der Waals surface area contributed by atoms with E-state index < -0.39 is 0 Å². The number of piperidine rings is 1. The molecule has 3 rings (SSSR count). The van der Waals surface area contributed by atoms with Crippen LogP contribution < -0.4 is 10.6 Å². The van der Waals surface area contributed by atoms with Crippen molar-refractivity contribution in [2.75, 3.05) is 32.0 Å². The summed E-state index contributed by atoms with van der Waals surface area (Å²) in [5.74, 6) is 0.655. The fourth-order valence-electron chi connectivity index (χ4n) is 3.20. The first kappa shape index (κ1) is 15.0. The monoisotopic (exact) mass is 301 g/mol. The van der Waals surface area contributed by atoms with Gasteiger partial charge in [0.2, 0.25) is 5.91 Å². The predicted molar refractivity (Wildman–Crippen MR) is 85.9 cm³/mol. The number of nitrogens with one attached hydrogen (secondary N) is 2. The molecule has 5 heteroatoms. The van der Waals surface area contributed by atoms with E-state index in [1.165, 1.54) is 12.8 Å². The van der Waals surface area contributed by atoms with Gasteiger partial charge in [0.25, 0.3) is 5.91 Å². The van der Waals surface area contributed by atoms with Crippen molar-refractivity contribution in [3.63, 3.8) is 0 Å². The van der Waals surface area contributed by atoms with Gasteiger partial charge in [-0.25, -0.2) is 0 Å². The van der Waals surface area contributed by atoms with Gasteiger partial charge in [-0.1, -0.05) is 6.07 Å². The van der Waals surface area contributed by atoms with Crippen LogP contribution in [0.1, 0.15) is 35.2 Å². The van der Waals surface area contributed by atoms with Crippen molar-refractivity contribution < 1.29 is 9.59 Å². The average Bonchev–Trinajstić information content (AvgIpc) is 2.88. The first-order chi connectivity index (χ1) is 10.6. The zero-order valence-corrected chi connectivity index (χ0v) is 13.0. The molecule has 2 heterocycles. The molecule has 1 aromatic carbocycles. The van der Waals surface area contributed by atoms with Crippen molar-refractivity contribution in [3.8, 4) is 0 Å². The highest BCUT2D eigenvalue weighted by molar-refractivity contribution is 6.02. The molecule has 22 heavy (non-hydrogen) atoms. The highest BCUT2D eigenvalue weighted by Crippen LogP contribution is 2.24. The zero-order valence-electron chi connectivity index (χ0n) is 13.0. The molecule has 0 aliphatic carbocycles. The second-order valence-electron chi connectivity index (χ2n) is 6.39. The number of likely N-dealkylation sites (tertiary alicyclic amines) is 1. The molecule has 1 saturated heterocycles. The summed E-state index contributed by atoms with van der Waals surface area (Å²) in [6, 6.07) is 5.42. The molecule has 0 bridgehead atoms. The molecule has 1 fully saturated rings. The van der Waals surface area contributed by atoms with Crippen LogP contribution in [0.25, 0.3) is 0 Å². The molecule has 1 aromatic rings. The Morgan fingerprint density at radius 3 is 2.91 bits per heavy atom. The number of amides is 2. The Labute approximate surface area is 131 Å². The maximum atomic E-state index is 12.2. The molecule has 0 unspecified atom stereocenters. The lowest BCUT2D eigenvalue weighted by Crippen LogP contribution is -2.32. The average molecular weight is 301 g/mol. The summed E-state index contributed by atoms with van der Waals surface area (Å²) in [5.41, 5.74) is 2.35. The minimum absolute atomic E-state index is 0.00479. The Balaban J connectivity index is 1.48. The van der Waals surface area contributed by atoms with Gasteiger partial charge in [0.1, 0.15) is 0 Å². The summed E-state index contributed by atoms with van der Waals surface area (Å²) < 4.78 is 0. The van der Waals surface area contributed by atoms with Gasteiger partial charge in [-0.05, 0) is 63.0 Å². The number of nitrogens with zero attached hydrogens (tertiary/aromatic N) is 1. The van der Waals surface area contributed by atoms with Crippen LogP contribution in [0, 0.1) is 5.92 Å².